The van der Waals surface area contributed by atoms with Crippen LogP contribution in [0.25, 0.3) is 6.08 Å². The molecule has 1 saturated heterocycles. The van der Waals surface area contributed by atoms with Crippen molar-refractivity contribution < 1.29 is 19.4 Å². The van der Waals surface area contributed by atoms with Gasteiger partial charge in [0.25, 0.3) is 0 Å². The Morgan fingerprint density at radius 3 is 2.43 bits per heavy atom. The Morgan fingerprint density at radius 1 is 1.26 bits per heavy atom. The summed E-state index contributed by atoms with van der Waals surface area (Å²) in [6, 6.07) is 9.38. The summed E-state index contributed by atoms with van der Waals surface area (Å²) >= 11 is 0. The molecular formula is C18H21NO4. The maximum Gasteiger partial charge on any atom is 0.408 e. The van der Waals surface area contributed by atoms with E-state index >= 15 is 0 Å². The number of carboxylic acid groups (broad SMARTS) is 1. The molecule has 1 aromatic rings. The summed E-state index contributed by atoms with van der Waals surface area (Å²) in [5, 5.41) is 9.50. The number of carbonyl (C=O) groups is 2. The smallest absolute Gasteiger partial charge is 0.408 e. The molecule has 1 heterocycles. The number of amides is 1. The summed E-state index contributed by atoms with van der Waals surface area (Å²) in [7, 11) is 0. The van der Waals surface area contributed by atoms with Gasteiger partial charge in [0, 0.05) is 6.04 Å². The second-order valence-electron chi connectivity index (χ2n) is 6.22. The van der Waals surface area contributed by atoms with Crippen molar-refractivity contribution in [2.24, 2.45) is 0 Å². The third-order valence-corrected chi connectivity index (χ3v) is 4.67. The zero-order chi connectivity index (χ0) is 16.4. The SMILES string of the molecule is C[C@@H]1OC(=O)[C@@H]1N(C(=O)O)C1CCC(=Cc2ccccc2)CC1. The quantitative estimate of drug-likeness (QED) is 0.869. The first-order valence-corrected chi connectivity index (χ1v) is 8.02. The van der Waals surface area contributed by atoms with Crippen molar-refractivity contribution in [2.75, 3.05) is 0 Å². The molecule has 23 heavy (non-hydrogen) atoms. The Bertz CT molecular complexity index is 615. The number of ether oxygens (including phenoxy) is 1. The number of nitrogens with zero attached hydrogens (tertiary/aromatic N) is 1. The molecule has 0 unspecified atom stereocenters. The molecule has 3 rings (SSSR count). The second kappa shape index (κ2) is 6.44. The number of hydrogen-bond acceptors (Lipinski definition) is 3. The number of benzene rings is 1. The minimum Gasteiger partial charge on any atom is -0.465 e. The van der Waals surface area contributed by atoms with Crippen LogP contribution in [0.1, 0.15) is 38.2 Å². The highest BCUT2D eigenvalue weighted by Crippen LogP contribution is 2.32. The normalized spacial score (nSPS) is 26.9. The molecule has 0 radical (unpaired) electrons. The Morgan fingerprint density at radius 2 is 1.91 bits per heavy atom. The van der Waals surface area contributed by atoms with Crippen LogP contribution in [0.4, 0.5) is 4.79 Å². The van der Waals surface area contributed by atoms with Crippen LogP contribution in [-0.2, 0) is 9.53 Å². The van der Waals surface area contributed by atoms with E-state index in [1.54, 1.807) is 6.92 Å². The Kier molecular flexibility index (Phi) is 4.37. The number of cyclic esters (lactones) is 1. The number of carbonyl (C=O) groups excluding carboxylic acids is 1. The lowest BCUT2D eigenvalue weighted by Crippen LogP contribution is -2.63. The second-order valence-corrected chi connectivity index (χ2v) is 6.22. The summed E-state index contributed by atoms with van der Waals surface area (Å²) in [6.45, 7) is 1.74. The van der Waals surface area contributed by atoms with E-state index in [2.05, 4.69) is 18.2 Å². The maximum absolute atomic E-state index is 11.6. The van der Waals surface area contributed by atoms with Crippen molar-refractivity contribution >= 4 is 18.1 Å². The van der Waals surface area contributed by atoms with Gasteiger partial charge >= 0.3 is 12.1 Å². The van der Waals surface area contributed by atoms with E-state index in [0.717, 1.165) is 25.7 Å². The predicted octanol–water partition coefficient (Wildman–Crippen LogP) is 3.31. The van der Waals surface area contributed by atoms with Gasteiger partial charge in [-0.3, -0.25) is 4.90 Å². The van der Waals surface area contributed by atoms with Crippen LogP contribution in [0.15, 0.2) is 35.9 Å². The highest BCUT2D eigenvalue weighted by atomic mass is 16.6. The lowest BCUT2D eigenvalue weighted by molar-refractivity contribution is -0.185. The van der Waals surface area contributed by atoms with Crippen LogP contribution >= 0.6 is 0 Å². The monoisotopic (exact) mass is 315 g/mol. The summed E-state index contributed by atoms with van der Waals surface area (Å²) < 4.78 is 4.92. The first-order chi connectivity index (χ1) is 11.1. The summed E-state index contributed by atoms with van der Waals surface area (Å²) in [5.41, 5.74) is 2.51. The average Bonchev–Trinajstić information content (AvgIpc) is 2.54. The lowest BCUT2D eigenvalue weighted by atomic mass is 9.87. The van der Waals surface area contributed by atoms with Gasteiger partial charge in [-0.25, -0.2) is 9.59 Å². The van der Waals surface area contributed by atoms with E-state index in [9.17, 15) is 14.7 Å². The molecule has 0 spiro atoms. The fourth-order valence-electron chi connectivity index (χ4n) is 3.46. The van der Waals surface area contributed by atoms with Crippen LogP contribution in [0.5, 0.6) is 0 Å². The molecule has 1 aliphatic carbocycles. The van der Waals surface area contributed by atoms with Crippen molar-refractivity contribution in [1.82, 2.24) is 4.90 Å². The average molecular weight is 315 g/mol. The van der Waals surface area contributed by atoms with Gasteiger partial charge in [0.1, 0.15) is 6.10 Å². The molecule has 1 saturated carbocycles. The van der Waals surface area contributed by atoms with Gasteiger partial charge in [-0.1, -0.05) is 42.0 Å². The number of allylic oxidation sites excluding steroid dienone is 1. The topological polar surface area (TPSA) is 66.8 Å². The van der Waals surface area contributed by atoms with Crippen molar-refractivity contribution in [3.8, 4) is 0 Å². The molecule has 0 aromatic heterocycles. The molecule has 122 valence electrons. The fourth-order valence-corrected chi connectivity index (χ4v) is 3.46. The molecule has 2 atom stereocenters. The molecule has 1 N–H and O–H groups in total. The van der Waals surface area contributed by atoms with Gasteiger partial charge in [0.2, 0.25) is 0 Å². The summed E-state index contributed by atoms with van der Waals surface area (Å²) in [5.74, 6) is -0.425. The zero-order valence-corrected chi connectivity index (χ0v) is 13.1. The van der Waals surface area contributed by atoms with Gasteiger partial charge < -0.3 is 9.84 Å². The fraction of sp³-hybridized carbons (Fsp3) is 0.444. The van der Waals surface area contributed by atoms with Crippen LogP contribution in [0.3, 0.4) is 0 Å². The zero-order valence-electron chi connectivity index (χ0n) is 13.1. The molecule has 5 nitrogen and oxygen atoms in total. The van der Waals surface area contributed by atoms with Crippen molar-refractivity contribution in [3.05, 3.63) is 41.5 Å². The van der Waals surface area contributed by atoms with Gasteiger partial charge in [-0.2, -0.15) is 0 Å². The van der Waals surface area contributed by atoms with E-state index in [0.29, 0.717) is 0 Å². The minimum atomic E-state index is -1.03. The van der Waals surface area contributed by atoms with Crippen molar-refractivity contribution in [1.29, 1.82) is 0 Å². The molecule has 2 aliphatic rings. The molecular weight excluding hydrogens is 294 g/mol. The van der Waals surface area contributed by atoms with E-state index in [-0.39, 0.29) is 12.1 Å². The van der Waals surface area contributed by atoms with Crippen molar-refractivity contribution in [3.63, 3.8) is 0 Å². The molecule has 0 bridgehead atoms. The van der Waals surface area contributed by atoms with E-state index < -0.39 is 18.1 Å². The van der Waals surface area contributed by atoms with Gasteiger partial charge in [0.15, 0.2) is 6.04 Å². The Hall–Kier alpha value is -2.30. The Balaban J connectivity index is 1.66. The largest absolute Gasteiger partial charge is 0.465 e. The minimum absolute atomic E-state index is 0.110. The number of hydrogen-bond donors (Lipinski definition) is 1. The molecule has 1 amide bonds. The molecule has 1 aliphatic heterocycles. The molecule has 5 heteroatoms. The highest BCUT2D eigenvalue weighted by molar-refractivity contribution is 5.86. The van der Waals surface area contributed by atoms with Gasteiger partial charge in [-0.05, 0) is 38.2 Å². The van der Waals surface area contributed by atoms with Gasteiger partial charge in [-0.15, -0.1) is 0 Å². The Labute approximate surface area is 135 Å². The van der Waals surface area contributed by atoms with Gasteiger partial charge in [0.05, 0.1) is 0 Å². The third-order valence-electron chi connectivity index (χ3n) is 4.67. The van der Waals surface area contributed by atoms with E-state index in [1.165, 1.54) is 16.0 Å². The first-order valence-electron chi connectivity index (χ1n) is 8.02. The summed E-state index contributed by atoms with van der Waals surface area (Å²) in [4.78, 5) is 24.5. The molecule has 1 aromatic carbocycles. The lowest BCUT2D eigenvalue weighted by Gasteiger charge is -2.44. The maximum atomic E-state index is 11.6. The predicted molar refractivity (Wildman–Crippen MR) is 85.9 cm³/mol. The number of esters is 1. The standard InChI is InChI=1S/C18H21NO4/c1-12-16(17(20)23-12)19(18(21)22)15-9-7-14(8-10-15)11-13-5-3-2-4-6-13/h2-6,11-12,15-16H,7-10H2,1H3,(H,21,22)/t12-,15?,16+/m0/s1. The summed E-state index contributed by atoms with van der Waals surface area (Å²) in [6.07, 6.45) is 4.03. The van der Waals surface area contributed by atoms with Crippen LogP contribution in [-0.4, -0.2) is 40.3 Å². The molecule has 2 fully saturated rings. The van der Waals surface area contributed by atoms with E-state index in [4.69, 9.17) is 4.74 Å². The highest BCUT2D eigenvalue weighted by Gasteiger charge is 2.48. The van der Waals surface area contributed by atoms with Crippen LogP contribution in [0.2, 0.25) is 0 Å². The van der Waals surface area contributed by atoms with E-state index in [1.807, 2.05) is 18.2 Å². The van der Waals surface area contributed by atoms with Crippen LogP contribution in [0, 0.1) is 0 Å². The first kappa shape index (κ1) is 15.6. The van der Waals surface area contributed by atoms with Crippen LogP contribution < -0.4 is 0 Å². The third kappa shape index (κ3) is 3.23. The number of rotatable bonds is 3. The van der Waals surface area contributed by atoms with Crippen molar-refractivity contribution in [2.45, 2.75) is 50.8 Å².